The maximum Gasteiger partial charge on any atom is 0.0949 e. The molecule has 0 bridgehead atoms. The first kappa shape index (κ1) is 10.8. The monoisotopic (exact) mass is 238 g/mol. The molecule has 0 spiro atoms. The Morgan fingerprint density at radius 3 is 1.83 bits per heavy atom. The van der Waals surface area contributed by atoms with Gasteiger partial charge in [0.25, 0.3) is 0 Å². The van der Waals surface area contributed by atoms with Gasteiger partial charge >= 0.3 is 0 Å². The fourth-order valence-electron chi connectivity index (χ4n) is 2.01. The summed E-state index contributed by atoms with van der Waals surface area (Å²) in [7, 11) is 0. The van der Waals surface area contributed by atoms with Crippen molar-refractivity contribution in [2.45, 2.75) is 13.1 Å². The highest BCUT2D eigenvalue weighted by Gasteiger charge is 1.98. The number of nitrogens with zero attached hydrogens (tertiary/aromatic N) is 4. The van der Waals surface area contributed by atoms with Gasteiger partial charge in [-0.05, 0) is 11.1 Å². The highest BCUT2D eigenvalue weighted by atomic mass is 15.0. The maximum atomic E-state index is 4.05. The Morgan fingerprint density at radius 1 is 0.833 bits per heavy atom. The van der Waals surface area contributed by atoms with Crippen LogP contribution in [-0.2, 0) is 13.1 Å². The second-order valence-electron chi connectivity index (χ2n) is 4.29. The molecule has 18 heavy (non-hydrogen) atoms. The molecule has 2 aromatic heterocycles. The van der Waals surface area contributed by atoms with Gasteiger partial charge < -0.3 is 9.13 Å². The van der Waals surface area contributed by atoms with Crippen LogP contribution in [0.2, 0.25) is 0 Å². The van der Waals surface area contributed by atoms with E-state index in [0.29, 0.717) is 0 Å². The molecule has 4 nitrogen and oxygen atoms in total. The number of imidazole rings is 2. The summed E-state index contributed by atoms with van der Waals surface area (Å²) in [6.45, 7) is 1.72. The van der Waals surface area contributed by atoms with Crippen molar-refractivity contribution < 1.29 is 0 Å². The third-order valence-corrected chi connectivity index (χ3v) is 2.84. The second kappa shape index (κ2) is 4.87. The van der Waals surface area contributed by atoms with Gasteiger partial charge in [0.15, 0.2) is 0 Å². The Morgan fingerprint density at radius 2 is 1.39 bits per heavy atom. The van der Waals surface area contributed by atoms with Crippen molar-refractivity contribution in [3.8, 4) is 0 Å². The minimum absolute atomic E-state index is 0.859. The molecule has 0 amide bonds. The van der Waals surface area contributed by atoms with Crippen LogP contribution in [0.25, 0.3) is 0 Å². The highest BCUT2D eigenvalue weighted by molar-refractivity contribution is 5.24. The van der Waals surface area contributed by atoms with Gasteiger partial charge in [-0.1, -0.05) is 24.3 Å². The molecule has 0 aliphatic carbocycles. The summed E-state index contributed by atoms with van der Waals surface area (Å²) in [5, 5.41) is 0. The average molecular weight is 238 g/mol. The molecule has 3 rings (SSSR count). The van der Waals surface area contributed by atoms with Crippen LogP contribution in [0.15, 0.2) is 61.7 Å². The molecular formula is C14H14N4. The van der Waals surface area contributed by atoms with E-state index in [0.717, 1.165) is 13.1 Å². The molecule has 3 aromatic rings. The number of aromatic nitrogens is 4. The van der Waals surface area contributed by atoms with Crippen LogP contribution in [0.5, 0.6) is 0 Å². The van der Waals surface area contributed by atoms with Crippen LogP contribution >= 0.6 is 0 Å². The lowest BCUT2D eigenvalue weighted by Gasteiger charge is -2.06. The Bertz CT molecular complexity index is 545. The predicted octanol–water partition coefficient (Wildman–Crippen LogP) is 2.18. The Balaban J connectivity index is 1.76. The standard InChI is InChI=1S/C14H14N4/c1-2-13(9-17-6-4-15-11-17)8-14(3-1)10-18-7-5-16-12-18/h1-8,11-12H,9-10H2. The fraction of sp³-hybridized carbons (Fsp3) is 0.143. The van der Waals surface area contributed by atoms with Crippen molar-refractivity contribution in [3.63, 3.8) is 0 Å². The number of hydrogen-bond acceptors (Lipinski definition) is 2. The molecule has 90 valence electrons. The van der Waals surface area contributed by atoms with Crippen LogP contribution in [0.3, 0.4) is 0 Å². The van der Waals surface area contributed by atoms with Gasteiger partial charge in [0.05, 0.1) is 12.7 Å². The fourth-order valence-corrected chi connectivity index (χ4v) is 2.01. The van der Waals surface area contributed by atoms with Crippen molar-refractivity contribution in [2.75, 3.05) is 0 Å². The van der Waals surface area contributed by atoms with Gasteiger partial charge in [0, 0.05) is 37.9 Å². The average Bonchev–Trinajstić information content (AvgIpc) is 3.03. The summed E-state index contributed by atoms with van der Waals surface area (Å²) in [5.41, 5.74) is 2.57. The topological polar surface area (TPSA) is 35.6 Å². The lowest BCUT2D eigenvalue weighted by molar-refractivity contribution is 0.778. The summed E-state index contributed by atoms with van der Waals surface area (Å²) in [6, 6.07) is 8.59. The van der Waals surface area contributed by atoms with Gasteiger partial charge in [0.2, 0.25) is 0 Å². The molecule has 0 atom stereocenters. The van der Waals surface area contributed by atoms with Gasteiger partial charge in [-0.3, -0.25) is 0 Å². The lowest BCUT2D eigenvalue weighted by Crippen LogP contribution is -2.00. The van der Waals surface area contributed by atoms with E-state index >= 15 is 0 Å². The zero-order valence-electron chi connectivity index (χ0n) is 9.98. The van der Waals surface area contributed by atoms with Crippen molar-refractivity contribution in [3.05, 3.63) is 72.8 Å². The van der Waals surface area contributed by atoms with Crippen molar-refractivity contribution in [1.29, 1.82) is 0 Å². The molecule has 0 aliphatic rings. The van der Waals surface area contributed by atoms with E-state index in [1.807, 2.05) is 25.0 Å². The molecular weight excluding hydrogens is 224 g/mol. The number of rotatable bonds is 4. The quantitative estimate of drug-likeness (QED) is 0.698. The summed E-state index contributed by atoms with van der Waals surface area (Å²) < 4.78 is 4.13. The van der Waals surface area contributed by atoms with Crippen molar-refractivity contribution in [2.24, 2.45) is 0 Å². The smallest absolute Gasteiger partial charge is 0.0949 e. The lowest BCUT2D eigenvalue weighted by atomic mass is 10.1. The molecule has 2 heterocycles. The van der Waals surface area contributed by atoms with E-state index in [1.165, 1.54) is 11.1 Å². The molecule has 4 heteroatoms. The van der Waals surface area contributed by atoms with E-state index in [-0.39, 0.29) is 0 Å². The van der Waals surface area contributed by atoms with Gasteiger partial charge in [-0.25, -0.2) is 9.97 Å². The third-order valence-electron chi connectivity index (χ3n) is 2.84. The number of hydrogen-bond donors (Lipinski definition) is 0. The normalized spacial score (nSPS) is 10.7. The zero-order valence-corrected chi connectivity index (χ0v) is 9.98. The van der Waals surface area contributed by atoms with Crippen LogP contribution in [0.4, 0.5) is 0 Å². The van der Waals surface area contributed by atoms with Crippen LogP contribution in [0, 0.1) is 0 Å². The Kier molecular flexibility index (Phi) is 2.92. The molecule has 0 fully saturated rings. The van der Waals surface area contributed by atoms with Gasteiger partial charge in [-0.15, -0.1) is 0 Å². The highest BCUT2D eigenvalue weighted by Crippen LogP contribution is 2.08. The van der Waals surface area contributed by atoms with Crippen LogP contribution in [0.1, 0.15) is 11.1 Å². The second-order valence-corrected chi connectivity index (χ2v) is 4.29. The Hall–Kier alpha value is -2.36. The van der Waals surface area contributed by atoms with Crippen molar-refractivity contribution in [1.82, 2.24) is 19.1 Å². The first-order valence-electron chi connectivity index (χ1n) is 5.89. The minimum atomic E-state index is 0.859. The van der Waals surface area contributed by atoms with Crippen LogP contribution in [-0.4, -0.2) is 19.1 Å². The molecule has 0 saturated carbocycles. The summed E-state index contributed by atoms with van der Waals surface area (Å²) >= 11 is 0. The first-order valence-corrected chi connectivity index (χ1v) is 5.89. The number of benzene rings is 1. The van der Waals surface area contributed by atoms with Crippen LogP contribution < -0.4 is 0 Å². The van der Waals surface area contributed by atoms with Gasteiger partial charge in [-0.2, -0.15) is 0 Å². The molecule has 0 radical (unpaired) electrons. The van der Waals surface area contributed by atoms with E-state index in [2.05, 4.69) is 43.4 Å². The summed E-state index contributed by atoms with van der Waals surface area (Å²) in [6.07, 6.45) is 11.2. The molecule has 0 saturated heterocycles. The minimum Gasteiger partial charge on any atom is -0.333 e. The summed E-state index contributed by atoms with van der Waals surface area (Å²) in [4.78, 5) is 8.10. The van der Waals surface area contributed by atoms with E-state index < -0.39 is 0 Å². The first-order chi connectivity index (χ1) is 8.90. The third kappa shape index (κ3) is 2.48. The van der Waals surface area contributed by atoms with E-state index in [4.69, 9.17) is 0 Å². The van der Waals surface area contributed by atoms with E-state index in [9.17, 15) is 0 Å². The largest absolute Gasteiger partial charge is 0.333 e. The maximum absolute atomic E-state index is 4.05. The molecule has 1 aromatic carbocycles. The predicted molar refractivity (Wildman–Crippen MR) is 69.1 cm³/mol. The SMILES string of the molecule is c1cc(Cn2ccnc2)cc(Cn2ccnc2)c1. The Labute approximate surface area is 106 Å². The molecule has 0 N–H and O–H groups in total. The van der Waals surface area contributed by atoms with Crippen molar-refractivity contribution >= 4 is 0 Å². The van der Waals surface area contributed by atoms with E-state index in [1.54, 1.807) is 12.4 Å². The summed E-state index contributed by atoms with van der Waals surface area (Å²) in [5.74, 6) is 0. The molecule has 0 unspecified atom stereocenters. The zero-order chi connectivity index (χ0) is 12.2. The van der Waals surface area contributed by atoms with Gasteiger partial charge in [0.1, 0.15) is 0 Å². The molecule has 0 aliphatic heterocycles.